The number of halogens is 1. The van der Waals surface area contributed by atoms with Gasteiger partial charge in [0, 0.05) is 5.02 Å². The molecule has 0 aliphatic rings. The first kappa shape index (κ1) is 21.3. The summed E-state index contributed by atoms with van der Waals surface area (Å²) < 4.78 is 16.3. The van der Waals surface area contributed by atoms with Gasteiger partial charge in [-0.1, -0.05) is 35.8 Å². The highest BCUT2D eigenvalue weighted by Gasteiger charge is 2.15. The van der Waals surface area contributed by atoms with Gasteiger partial charge < -0.3 is 24.5 Å². The van der Waals surface area contributed by atoms with Crippen molar-refractivity contribution in [3.05, 3.63) is 82.3 Å². The Hall–Kier alpha value is -3.45. The Morgan fingerprint density at radius 2 is 1.90 bits per heavy atom. The van der Waals surface area contributed by atoms with Crippen LogP contribution in [0.1, 0.15) is 34.4 Å². The first-order chi connectivity index (χ1) is 14.5. The molecule has 1 aromatic heterocycles. The van der Waals surface area contributed by atoms with Crippen LogP contribution < -0.4 is 15.2 Å². The second-order valence-corrected chi connectivity index (χ2v) is 6.69. The van der Waals surface area contributed by atoms with Gasteiger partial charge in [0.1, 0.15) is 23.9 Å². The number of rotatable bonds is 8. The number of oxime groups is 1. The molecule has 2 N–H and O–H groups in total. The SMILES string of the molecule is CCc1ccc(OCc2ccc(C(=O)O/N=C(\N)c3cc(Cl)ccc3OC)o2)cc1. The van der Waals surface area contributed by atoms with Gasteiger partial charge in [-0.05, 0) is 54.4 Å². The van der Waals surface area contributed by atoms with Crippen molar-refractivity contribution >= 4 is 23.4 Å². The zero-order valence-electron chi connectivity index (χ0n) is 16.6. The van der Waals surface area contributed by atoms with Crippen LogP contribution in [-0.2, 0) is 17.9 Å². The largest absolute Gasteiger partial charge is 0.496 e. The summed E-state index contributed by atoms with van der Waals surface area (Å²) >= 11 is 5.97. The summed E-state index contributed by atoms with van der Waals surface area (Å²) in [6, 6.07) is 15.7. The second kappa shape index (κ2) is 9.84. The van der Waals surface area contributed by atoms with E-state index in [-0.39, 0.29) is 18.2 Å². The van der Waals surface area contributed by atoms with Crippen molar-refractivity contribution in [3.63, 3.8) is 0 Å². The number of nitrogens with two attached hydrogens (primary N) is 1. The van der Waals surface area contributed by atoms with Crippen LogP contribution in [0.2, 0.25) is 5.02 Å². The van der Waals surface area contributed by atoms with Gasteiger partial charge in [0.15, 0.2) is 5.84 Å². The Balaban J connectivity index is 1.60. The lowest BCUT2D eigenvalue weighted by Crippen LogP contribution is -2.16. The lowest BCUT2D eigenvalue weighted by atomic mass is 10.2. The molecule has 1 heterocycles. The van der Waals surface area contributed by atoms with E-state index in [4.69, 9.17) is 36.1 Å². The summed E-state index contributed by atoms with van der Waals surface area (Å²) in [6.45, 7) is 2.26. The highest BCUT2D eigenvalue weighted by atomic mass is 35.5. The van der Waals surface area contributed by atoms with Crippen LogP contribution in [0.3, 0.4) is 0 Å². The number of methoxy groups -OCH3 is 1. The predicted molar refractivity (Wildman–Crippen MR) is 113 cm³/mol. The third-order valence-corrected chi connectivity index (χ3v) is 4.48. The Bertz CT molecular complexity index is 1040. The second-order valence-electron chi connectivity index (χ2n) is 6.25. The van der Waals surface area contributed by atoms with E-state index >= 15 is 0 Å². The van der Waals surface area contributed by atoms with E-state index in [0.29, 0.717) is 27.8 Å². The molecule has 2 aromatic carbocycles. The molecule has 0 saturated carbocycles. The van der Waals surface area contributed by atoms with E-state index in [9.17, 15) is 4.79 Å². The minimum Gasteiger partial charge on any atom is -0.496 e. The van der Waals surface area contributed by atoms with Gasteiger partial charge >= 0.3 is 5.97 Å². The monoisotopic (exact) mass is 428 g/mol. The fourth-order valence-corrected chi connectivity index (χ4v) is 2.78. The summed E-state index contributed by atoms with van der Waals surface area (Å²) in [7, 11) is 1.48. The molecule has 0 amide bonds. The first-order valence-corrected chi connectivity index (χ1v) is 9.57. The number of hydrogen-bond acceptors (Lipinski definition) is 6. The van der Waals surface area contributed by atoms with Crippen LogP contribution in [0.5, 0.6) is 11.5 Å². The standard InChI is InChI=1S/C22H21ClN2O5/c1-3-14-4-7-16(8-5-14)28-13-17-9-11-20(29-17)22(26)30-25-21(24)18-12-15(23)6-10-19(18)27-2/h4-12H,3,13H2,1-2H3,(H2,24,25). The lowest BCUT2D eigenvalue weighted by molar-refractivity contribution is 0.0475. The highest BCUT2D eigenvalue weighted by Crippen LogP contribution is 2.22. The molecule has 0 bridgehead atoms. The number of nitrogens with zero attached hydrogens (tertiary/aromatic N) is 1. The molecule has 0 atom stereocenters. The number of amidine groups is 1. The van der Waals surface area contributed by atoms with Gasteiger partial charge in [-0.25, -0.2) is 4.79 Å². The van der Waals surface area contributed by atoms with Crippen molar-refractivity contribution in [3.8, 4) is 11.5 Å². The maximum absolute atomic E-state index is 12.2. The molecular formula is C22H21ClN2O5. The third kappa shape index (κ3) is 5.33. The van der Waals surface area contributed by atoms with Crippen LogP contribution in [0.15, 0.2) is 64.2 Å². The topological polar surface area (TPSA) is 96.3 Å². The van der Waals surface area contributed by atoms with Gasteiger partial charge in [-0.3, -0.25) is 0 Å². The third-order valence-electron chi connectivity index (χ3n) is 4.24. The van der Waals surface area contributed by atoms with Gasteiger partial charge in [0.2, 0.25) is 5.76 Å². The summed E-state index contributed by atoms with van der Waals surface area (Å²) in [5, 5.41) is 4.09. The Morgan fingerprint density at radius 3 is 2.60 bits per heavy atom. The Kier molecular flexibility index (Phi) is 6.98. The smallest absolute Gasteiger partial charge is 0.400 e. The molecule has 3 rings (SSSR count). The number of carbonyl (C=O) groups excluding carboxylic acids is 1. The molecule has 0 radical (unpaired) electrons. The van der Waals surface area contributed by atoms with Gasteiger partial charge in [-0.15, -0.1) is 0 Å². The highest BCUT2D eigenvalue weighted by molar-refractivity contribution is 6.31. The van der Waals surface area contributed by atoms with Crippen molar-refractivity contribution < 1.29 is 23.5 Å². The van der Waals surface area contributed by atoms with Crippen LogP contribution in [0.4, 0.5) is 0 Å². The van der Waals surface area contributed by atoms with Crippen LogP contribution in [0, 0.1) is 0 Å². The van der Waals surface area contributed by atoms with Crippen molar-refractivity contribution in [2.24, 2.45) is 10.9 Å². The van der Waals surface area contributed by atoms with E-state index in [1.54, 1.807) is 24.3 Å². The average Bonchev–Trinajstić information content (AvgIpc) is 3.25. The predicted octanol–water partition coefficient (Wildman–Crippen LogP) is 4.56. The molecule has 0 spiro atoms. The minimum atomic E-state index is -0.794. The van der Waals surface area contributed by atoms with Crippen molar-refractivity contribution in [2.45, 2.75) is 20.0 Å². The molecule has 0 saturated heterocycles. The molecule has 0 unspecified atom stereocenters. The molecule has 0 aliphatic heterocycles. The molecule has 7 nitrogen and oxygen atoms in total. The van der Waals surface area contributed by atoms with E-state index < -0.39 is 5.97 Å². The number of hydrogen-bond donors (Lipinski definition) is 1. The maximum atomic E-state index is 12.2. The quantitative estimate of drug-likeness (QED) is 0.244. The molecule has 8 heteroatoms. The maximum Gasteiger partial charge on any atom is 0.400 e. The van der Waals surface area contributed by atoms with Crippen molar-refractivity contribution in [2.75, 3.05) is 7.11 Å². The van der Waals surface area contributed by atoms with Gasteiger partial charge in [0.05, 0.1) is 12.7 Å². The van der Waals surface area contributed by atoms with Crippen LogP contribution >= 0.6 is 11.6 Å². The molecular weight excluding hydrogens is 408 g/mol. The molecule has 30 heavy (non-hydrogen) atoms. The summed E-state index contributed by atoms with van der Waals surface area (Å²) in [5.74, 6) is 0.743. The molecule has 3 aromatic rings. The van der Waals surface area contributed by atoms with Crippen molar-refractivity contribution in [1.82, 2.24) is 0 Å². The molecule has 156 valence electrons. The van der Waals surface area contributed by atoms with E-state index in [1.165, 1.54) is 18.7 Å². The number of benzene rings is 2. The normalized spacial score (nSPS) is 11.2. The Labute approximate surface area is 179 Å². The summed E-state index contributed by atoms with van der Waals surface area (Å²) in [6.07, 6.45) is 0.959. The fourth-order valence-electron chi connectivity index (χ4n) is 2.61. The summed E-state index contributed by atoms with van der Waals surface area (Å²) in [5.41, 5.74) is 7.51. The number of carbonyl (C=O) groups is 1. The van der Waals surface area contributed by atoms with E-state index in [0.717, 1.165) is 6.42 Å². The zero-order chi connectivity index (χ0) is 21.5. The summed E-state index contributed by atoms with van der Waals surface area (Å²) in [4.78, 5) is 17.1. The minimum absolute atomic E-state index is 0.0236. The van der Waals surface area contributed by atoms with E-state index in [2.05, 4.69) is 12.1 Å². The first-order valence-electron chi connectivity index (χ1n) is 9.19. The van der Waals surface area contributed by atoms with Gasteiger partial charge in [-0.2, -0.15) is 0 Å². The number of aryl methyl sites for hydroxylation is 1. The Morgan fingerprint density at radius 1 is 1.13 bits per heavy atom. The van der Waals surface area contributed by atoms with Crippen molar-refractivity contribution in [1.29, 1.82) is 0 Å². The fraction of sp³-hybridized carbons (Fsp3) is 0.182. The molecule has 0 fully saturated rings. The van der Waals surface area contributed by atoms with Gasteiger partial charge in [0.25, 0.3) is 0 Å². The van der Waals surface area contributed by atoms with Crippen LogP contribution in [0.25, 0.3) is 0 Å². The van der Waals surface area contributed by atoms with Crippen LogP contribution in [-0.4, -0.2) is 18.9 Å². The van der Waals surface area contributed by atoms with E-state index in [1.807, 2.05) is 24.3 Å². The number of ether oxygens (including phenoxy) is 2. The lowest BCUT2D eigenvalue weighted by Gasteiger charge is -2.07. The average molecular weight is 429 g/mol. The zero-order valence-corrected chi connectivity index (χ0v) is 17.3. The number of furan rings is 1. The molecule has 0 aliphatic carbocycles.